The number of hydrogen-bond acceptors (Lipinski definition) is 3. The molecule has 0 radical (unpaired) electrons. The van der Waals surface area contributed by atoms with E-state index in [1.165, 1.54) is 0 Å². The highest BCUT2D eigenvalue weighted by Crippen LogP contribution is 2.13. The molecule has 86 valence electrons. The van der Waals surface area contributed by atoms with E-state index in [-0.39, 0.29) is 5.91 Å². The van der Waals surface area contributed by atoms with E-state index in [0.717, 1.165) is 25.9 Å². The maximum atomic E-state index is 11.4. The number of primary amides is 1. The lowest BCUT2D eigenvalue weighted by Crippen LogP contribution is -2.42. The van der Waals surface area contributed by atoms with E-state index in [4.69, 9.17) is 5.73 Å². The van der Waals surface area contributed by atoms with Crippen LogP contribution in [-0.4, -0.2) is 30.9 Å². The van der Waals surface area contributed by atoms with Gasteiger partial charge in [0.05, 0.1) is 0 Å². The first kappa shape index (κ1) is 12.0. The van der Waals surface area contributed by atoms with Crippen LogP contribution in [0.2, 0.25) is 0 Å². The smallest absolute Gasteiger partial charge is 0.239 e. The van der Waals surface area contributed by atoms with Gasteiger partial charge in [-0.3, -0.25) is 9.59 Å². The van der Waals surface area contributed by atoms with E-state index in [1.54, 1.807) is 6.92 Å². The Bertz CT molecular complexity index is 237. The van der Waals surface area contributed by atoms with Gasteiger partial charge in [-0.05, 0) is 38.8 Å². The summed E-state index contributed by atoms with van der Waals surface area (Å²) in [5.74, 6) is 0.0127. The monoisotopic (exact) mass is 213 g/mol. The van der Waals surface area contributed by atoms with Crippen LogP contribution >= 0.6 is 0 Å². The normalized spacial score (nSPS) is 22.3. The molecule has 1 aliphatic rings. The Kier molecular flexibility index (Phi) is 4.55. The molecule has 1 aliphatic heterocycles. The van der Waals surface area contributed by atoms with E-state index >= 15 is 0 Å². The lowest BCUT2D eigenvalue weighted by molar-refractivity contribution is -0.127. The minimum absolute atomic E-state index is 0.0896. The number of nitrogens with one attached hydrogen (secondary N) is 2. The van der Waals surface area contributed by atoms with Crippen molar-refractivity contribution in [3.63, 3.8) is 0 Å². The summed E-state index contributed by atoms with van der Waals surface area (Å²) in [6, 6.07) is -0.570. The van der Waals surface area contributed by atoms with Crippen LogP contribution in [-0.2, 0) is 9.59 Å². The highest BCUT2D eigenvalue weighted by atomic mass is 16.2. The number of nitrogens with two attached hydrogens (primary N) is 1. The SMILES string of the molecule is CC(NC(=O)CCC1CCNC1)C(N)=O. The molecular formula is C10H19N3O2. The topological polar surface area (TPSA) is 84.2 Å². The van der Waals surface area contributed by atoms with Crippen LogP contribution < -0.4 is 16.4 Å². The van der Waals surface area contributed by atoms with Crippen LogP contribution in [0.5, 0.6) is 0 Å². The van der Waals surface area contributed by atoms with Crippen LogP contribution in [0, 0.1) is 5.92 Å². The van der Waals surface area contributed by atoms with Crippen molar-refractivity contribution in [2.45, 2.75) is 32.2 Å². The minimum atomic E-state index is -0.570. The van der Waals surface area contributed by atoms with Gasteiger partial charge in [0.15, 0.2) is 0 Å². The molecule has 4 N–H and O–H groups in total. The van der Waals surface area contributed by atoms with E-state index in [1.807, 2.05) is 0 Å². The fourth-order valence-electron chi connectivity index (χ4n) is 1.68. The molecule has 1 fully saturated rings. The van der Waals surface area contributed by atoms with Crippen molar-refractivity contribution in [1.82, 2.24) is 10.6 Å². The fraction of sp³-hybridized carbons (Fsp3) is 0.800. The standard InChI is InChI=1S/C10H19N3O2/c1-7(10(11)15)13-9(14)3-2-8-4-5-12-6-8/h7-8,12H,2-6H2,1H3,(H2,11,15)(H,13,14). The van der Waals surface area contributed by atoms with Crippen LogP contribution in [0.4, 0.5) is 0 Å². The third kappa shape index (κ3) is 4.29. The zero-order chi connectivity index (χ0) is 11.3. The van der Waals surface area contributed by atoms with Crippen LogP contribution in [0.3, 0.4) is 0 Å². The van der Waals surface area contributed by atoms with Crippen molar-refractivity contribution in [2.24, 2.45) is 11.7 Å². The van der Waals surface area contributed by atoms with Gasteiger partial charge in [0.25, 0.3) is 0 Å². The number of rotatable bonds is 5. The first-order valence-electron chi connectivity index (χ1n) is 5.39. The molecule has 0 aromatic heterocycles. The average Bonchev–Trinajstić information content (AvgIpc) is 2.66. The molecule has 2 unspecified atom stereocenters. The second-order valence-electron chi connectivity index (χ2n) is 4.09. The van der Waals surface area contributed by atoms with Gasteiger partial charge in [0.2, 0.25) is 11.8 Å². The molecule has 0 aromatic carbocycles. The molecule has 1 heterocycles. The molecule has 0 aromatic rings. The number of amides is 2. The van der Waals surface area contributed by atoms with Gasteiger partial charge in [0.1, 0.15) is 6.04 Å². The molecular weight excluding hydrogens is 194 g/mol. The fourth-order valence-corrected chi connectivity index (χ4v) is 1.68. The summed E-state index contributed by atoms with van der Waals surface area (Å²) in [5, 5.41) is 5.82. The Hall–Kier alpha value is -1.10. The van der Waals surface area contributed by atoms with Crippen molar-refractivity contribution in [2.75, 3.05) is 13.1 Å². The molecule has 1 rings (SSSR count). The van der Waals surface area contributed by atoms with Gasteiger partial charge in [-0.2, -0.15) is 0 Å². The average molecular weight is 213 g/mol. The molecule has 0 spiro atoms. The predicted octanol–water partition coefficient (Wildman–Crippen LogP) is -0.634. The summed E-state index contributed by atoms with van der Waals surface area (Å²) in [4.78, 5) is 22.1. The molecule has 1 saturated heterocycles. The van der Waals surface area contributed by atoms with Crippen molar-refractivity contribution >= 4 is 11.8 Å². The Labute approximate surface area is 89.8 Å². The Morgan fingerprint density at radius 1 is 1.60 bits per heavy atom. The summed E-state index contributed by atoms with van der Waals surface area (Å²) >= 11 is 0. The van der Waals surface area contributed by atoms with Crippen LogP contribution in [0.1, 0.15) is 26.2 Å². The zero-order valence-electron chi connectivity index (χ0n) is 9.08. The summed E-state index contributed by atoms with van der Waals surface area (Å²) in [6.45, 7) is 3.64. The number of hydrogen-bond donors (Lipinski definition) is 3. The highest BCUT2D eigenvalue weighted by molar-refractivity contribution is 5.86. The van der Waals surface area contributed by atoms with Crippen molar-refractivity contribution < 1.29 is 9.59 Å². The van der Waals surface area contributed by atoms with Crippen LogP contribution in [0.25, 0.3) is 0 Å². The van der Waals surface area contributed by atoms with E-state index in [0.29, 0.717) is 12.3 Å². The minimum Gasteiger partial charge on any atom is -0.368 e. The van der Waals surface area contributed by atoms with E-state index in [9.17, 15) is 9.59 Å². The van der Waals surface area contributed by atoms with Crippen LogP contribution in [0.15, 0.2) is 0 Å². The largest absolute Gasteiger partial charge is 0.368 e. The quantitative estimate of drug-likeness (QED) is 0.568. The number of carbonyl (C=O) groups excluding carboxylic acids is 2. The van der Waals surface area contributed by atoms with Gasteiger partial charge in [0, 0.05) is 6.42 Å². The maximum absolute atomic E-state index is 11.4. The Balaban J connectivity index is 2.15. The first-order valence-corrected chi connectivity index (χ1v) is 5.39. The van der Waals surface area contributed by atoms with E-state index < -0.39 is 11.9 Å². The lowest BCUT2D eigenvalue weighted by Gasteiger charge is -2.11. The first-order chi connectivity index (χ1) is 7.09. The van der Waals surface area contributed by atoms with Gasteiger partial charge in [-0.15, -0.1) is 0 Å². The molecule has 5 heteroatoms. The second kappa shape index (κ2) is 5.70. The summed E-state index contributed by atoms with van der Waals surface area (Å²) in [6.07, 6.45) is 2.49. The third-order valence-electron chi connectivity index (χ3n) is 2.75. The number of carbonyl (C=O) groups is 2. The second-order valence-corrected chi connectivity index (χ2v) is 4.09. The van der Waals surface area contributed by atoms with E-state index in [2.05, 4.69) is 10.6 Å². The third-order valence-corrected chi connectivity index (χ3v) is 2.75. The summed E-state index contributed by atoms with van der Waals surface area (Å²) < 4.78 is 0. The van der Waals surface area contributed by atoms with Crippen molar-refractivity contribution in [3.05, 3.63) is 0 Å². The van der Waals surface area contributed by atoms with Crippen molar-refractivity contribution in [1.29, 1.82) is 0 Å². The summed E-state index contributed by atoms with van der Waals surface area (Å²) in [7, 11) is 0. The summed E-state index contributed by atoms with van der Waals surface area (Å²) in [5.41, 5.74) is 5.04. The molecule has 0 saturated carbocycles. The lowest BCUT2D eigenvalue weighted by atomic mass is 10.0. The Morgan fingerprint density at radius 2 is 2.33 bits per heavy atom. The predicted molar refractivity (Wildman–Crippen MR) is 57.0 cm³/mol. The molecule has 0 bridgehead atoms. The van der Waals surface area contributed by atoms with Gasteiger partial charge in [-0.25, -0.2) is 0 Å². The molecule has 2 amide bonds. The van der Waals surface area contributed by atoms with Gasteiger partial charge in [-0.1, -0.05) is 0 Å². The van der Waals surface area contributed by atoms with Crippen molar-refractivity contribution in [3.8, 4) is 0 Å². The highest BCUT2D eigenvalue weighted by Gasteiger charge is 2.17. The molecule has 2 atom stereocenters. The Morgan fingerprint density at radius 3 is 2.87 bits per heavy atom. The molecule has 0 aliphatic carbocycles. The zero-order valence-corrected chi connectivity index (χ0v) is 9.08. The molecule has 5 nitrogen and oxygen atoms in total. The van der Waals surface area contributed by atoms with Gasteiger partial charge >= 0.3 is 0 Å². The maximum Gasteiger partial charge on any atom is 0.239 e. The van der Waals surface area contributed by atoms with Gasteiger partial charge < -0.3 is 16.4 Å². The molecule has 15 heavy (non-hydrogen) atoms.